The van der Waals surface area contributed by atoms with Gasteiger partial charge in [-0.3, -0.25) is 4.98 Å². The van der Waals surface area contributed by atoms with E-state index >= 15 is 8.78 Å². The van der Waals surface area contributed by atoms with Crippen LogP contribution < -0.4 is 9.80 Å². The monoisotopic (exact) mass is 659 g/mol. The first-order valence-electron chi connectivity index (χ1n) is 15.7. The topological polar surface area (TPSA) is 103 Å². The zero-order chi connectivity index (χ0) is 33.5. The van der Waals surface area contributed by atoms with E-state index in [9.17, 15) is 19.0 Å². The number of alkyl halides is 2. The molecule has 5 aromatic rings. The molecule has 0 bridgehead atoms. The van der Waals surface area contributed by atoms with Crippen molar-refractivity contribution in [3.8, 4) is 11.1 Å². The Morgan fingerprint density at radius 3 is 1.98 bits per heavy atom. The summed E-state index contributed by atoms with van der Waals surface area (Å²) in [6.45, 7) is 2.39. The number of tetrazole rings is 1. The van der Waals surface area contributed by atoms with Crippen molar-refractivity contribution in [2.45, 2.75) is 37.0 Å². The second kappa shape index (κ2) is 12.6. The molecule has 2 N–H and O–H groups in total. The summed E-state index contributed by atoms with van der Waals surface area (Å²) >= 11 is 0. The van der Waals surface area contributed by atoms with Crippen LogP contribution in [0, 0.1) is 17.6 Å². The molecule has 7 rings (SSSR count). The van der Waals surface area contributed by atoms with Crippen molar-refractivity contribution in [2.24, 2.45) is 5.92 Å². The fourth-order valence-corrected chi connectivity index (χ4v) is 6.28. The highest BCUT2D eigenvalue weighted by molar-refractivity contribution is 5.66. The van der Waals surface area contributed by atoms with Crippen LogP contribution in [0.25, 0.3) is 11.1 Å². The lowest BCUT2D eigenvalue weighted by Crippen LogP contribution is -2.48. The molecule has 3 heterocycles. The first kappa shape index (κ1) is 31.7. The van der Waals surface area contributed by atoms with E-state index in [1.54, 1.807) is 0 Å². The van der Waals surface area contributed by atoms with Gasteiger partial charge in [0.2, 0.25) is 0 Å². The second-order valence-corrected chi connectivity index (χ2v) is 12.4. The number of hydrogen-bond acceptors (Lipinski definition) is 8. The van der Waals surface area contributed by atoms with Gasteiger partial charge in [-0.1, -0.05) is 30.3 Å². The third-order valence-corrected chi connectivity index (χ3v) is 9.28. The number of benzene rings is 3. The minimum absolute atomic E-state index is 0.374. The maximum absolute atomic E-state index is 16.1. The van der Waals surface area contributed by atoms with Crippen molar-refractivity contribution in [2.75, 3.05) is 36.0 Å². The molecule has 0 radical (unpaired) electrons. The molecule has 3 aromatic carbocycles. The molecule has 0 spiro atoms. The van der Waals surface area contributed by atoms with E-state index in [0.717, 1.165) is 90.7 Å². The third kappa shape index (κ3) is 6.11. The highest BCUT2D eigenvalue weighted by Crippen LogP contribution is 2.47. The van der Waals surface area contributed by atoms with Gasteiger partial charge in [0.25, 0.3) is 0 Å². The SMILES string of the molecule is OC(c1ccc(N2CCN(c3ccc(-c4ccc(C(F)(F)C(O)(Cn5cnnn5)c5ccc(F)cc5F)nc4)cc3)CC2)cc1)C1CC1. The average Bonchev–Trinajstić information content (AvgIpc) is 3.84. The predicted molar refractivity (Wildman–Crippen MR) is 170 cm³/mol. The van der Waals surface area contributed by atoms with Gasteiger partial charge in [-0.25, -0.2) is 13.5 Å². The maximum atomic E-state index is 16.1. The number of pyridine rings is 1. The Morgan fingerprint density at radius 1 is 0.812 bits per heavy atom. The van der Waals surface area contributed by atoms with Gasteiger partial charge in [0.05, 0.1) is 12.6 Å². The Morgan fingerprint density at radius 2 is 1.44 bits per heavy atom. The number of rotatable bonds is 10. The van der Waals surface area contributed by atoms with Gasteiger partial charge in [-0.15, -0.1) is 5.10 Å². The zero-order valence-electron chi connectivity index (χ0n) is 25.8. The number of hydrogen-bond donors (Lipinski definition) is 2. The summed E-state index contributed by atoms with van der Waals surface area (Å²) in [5.74, 6) is -6.07. The number of aromatic nitrogens is 5. The van der Waals surface area contributed by atoms with Gasteiger partial charge in [0.1, 0.15) is 23.7 Å². The van der Waals surface area contributed by atoms with E-state index in [4.69, 9.17) is 0 Å². The number of halogens is 4. The van der Waals surface area contributed by atoms with Gasteiger partial charge >= 0.3 is 5.92 Å². The minimum atomic E-state index is -4.14. The Balaban J connectivity index is 1.03. The predicted octanol–water partition coefficient (Wildman–Crippen LogP) is 5.46. The maximum Gasteiger partial charge on any atom is 0.323 e. The smallest absolute Gasteiger partial charge is 0.323 e. The van der Waals surface area contributed by atoms with E-state index in [2.05, 4.69) is 42.4 Å². The summed E-state index contributed by atoms with van der Waals surface area (Å²) < 4.78 is 61.5. The van der Waals surface area contributed by atoms with Crippen molar-refractivity contribution in [1.82, 2.24) is 25.2 Å². The van der Waals surface area contributed by atoms with Crippen LogP contribution in [-0.2, 0) is 18.1 Å². The van der Waals surface area contributed by atoms with Gasteiger partial charge in [-0.2, -0.15) is 8.78 Å². The van der Waals surface area contributed by atoms with Crippen molar-refractivity contribution in [3.05, 3.63) is 120 Å². The number of aliphatic hydroxyl groups excluding tert-OH is 1. The number of aliphatic hydroxyl groups is 2. The Labute approximate surface area is 274 Å². The van der Waals surface area contributed by atoms with Gasteiger partial charge < -0.3 is 20.0 Å². The molecule has 2 unspecified atom stereocenters. The van der Waals surface area contributed by atoms with Gasteiger partial charge in [0, 0.05) is 60.9 Å². The molecular weight excluding hydrogens is 626 g/mol. The molecule has 9 nitrogen and oxygen atoms in total. The Bertz CT molecular complexity index is 1850. The molecule has 48 heavy (non-hydrogen) atoms. The Kier molecular flexibility index (Phi) is 8.34. The molecule has 1 aliphatic heterocycles. The van der Waals surface area contributed by atoms with E-state index < -0.39 is 41.0 Å². The molecule has 1 aliphatic carbocycles. The van der Waals surface area contributed by atoms with E-state index in [1.807, 2.05) is 36.4 Å². The lowest BCUT2D eigenvalue weighted by molar-refractivity contribution is -0.207. The summed E-state index contributed by atoms with van der Waals surface area (Å²) in [4.78, 5) is 8.59. The largest absolute Gasteiger partial charge is 0.388 e. The van der Waals surface area contributed by atoms with Crippen molar-refractivity contribution in [1.29, 1.82) is 0 Å². The third-order valence-electron chi connectivity index (χ3n) is 9.28. The lowest BCUT2D eigenvalue weighted by Gasteiger charge is -2.37. The minimum Gasteiger partial charge on any atom is -0.388 e. The number of nitrogens with zero attached hydrogens (tertiary/aromatic N) is 7. The van der Waals surface area contributed by atoms with Crippen LogP contribution in [0.5, 0.6) is 0 Å². The van der Waals surface area contributed by atoms with Crippen LogP contribution in [0.2, 0.25) is 0 Å². The van der Waals surface area contributed by atoms with Crippen LogP contribution in [-0.4, -0.2) is 61.6 Å². The summed E-state index contributed by atoms with van der Waals surface area (Å²) in [5, 5.41) is 32.1. The molecule has 2 aromatic heterocycles. The average molecular weight is 660 g/mol. The molecule has 2 aliphatic rings. The van der Waals surface area contributed by atoms with Crippen molar-refractivity contribution >= 4 is 11.4 Å². The Hall–Kier alpha value is -4.88. The molecule has 13 heteroatoms. The summed E-state index contributed by atoms with van der Waals surface area (Å²) in [7, 11) is 0. The molecule has 2 fully saturated rings. The first-order valence-corrected chi connectivity index (χ1v) is 15.7. The van der Waals surface area contributed by atoms with E-state index in [-0.39, 0.29) is 6.10 Å². The van der Waals surface area contributed by atoms with Crippen LogP contribution >= 0.6 is 0 Å². The highest BCUT2D eigenvalue weighted by Gasteiger charge is 2.58. The first-order chi connectivity index (χ1) is 23.1. The van der Waals surface area contributed by atoms with Crippen LogP contribution in [0.4, 0.5) is 28.9 Å². The van der Waals surface area contributed by atoms with Gasteiger partial charge in [0.15, 0.2) is 5.60 Å². The number of anilines is 2. The molecular formula is C35H33F4N7O2. The summed E-state index contributed by atoms with van der Waals surface area (Å²) in [6.07, 6.45) is 4.08. The number of piperazine rings is 1. The van der Waals surface area contributed by atoms with E-state index in [1.165, 1.54) is 12.3 Å². The normalized spacial score (nSPS) is 17.3. The molecule has 2 atom stereocenters. The summed E-state index contributed by atoms with van der Waals surface area (Å²) in [5.41, 5.74) is -0.382. The fourth-order valence-electron chi connectivity index (χ4n) is 6.28. The van der Waals surface area contributed by atoms with Gasteiger partial charge in [-0.05, 0) is 82.8 Å². The standard InChI is InChI=1S/C35H33F4N7O2/c36-27-8-13-30(31(37)19-27)34(48,21-46-22-41-42-43-46)35(38,39)32-14-7-26(20-40-32)23-3-9-28(10-4-23)44-15-17-45(18-16-44)29-11-5-25(6-12-29)33(47)24-1-2-24/h3-14,19-20,22,24,33,47-48H,1-2,15-18,21H2. The van der Waals surface area contributed by atoms with Crippen LogP contribution in [0.3, 0.4) is 0 Å². The fraction of sp³-hybridized carbons (Fsp3) is 0.314. The van der Waals surface area contributed by atoms with Crippen molar-refractivity contribution in [3.63, 3.8) is 0 Å². The van der Waals surface area contributed by atoms with Crippen LogP contribution in [0.1, 0.15) is 35.8 Å². The zero-order valence-corrected chi connectivity index (χ0v) is 25.8. The lowest BCUT2D eigenvalue weighted by atomic mass is 9.84. The second-order valence-electron chi connectivity index (χ2n) is 12.4. The quantitative estimate of drug-likeness (QED) is 0.191. The summed E-state index contributed by atoms with van der Waals surface area (Å²) in [6, 6.07) is 20.5. The molecule has 248 valence electrons. The molecule has 1 saturated heterocycles. The van der Waals surface area contributed by atoms with E-state index in [0.29, 0.717) is 17.5 Å². The van der Waals surface area contributed by atoms with Crippen LogP contribution in [0.15, 0.2) is 91.4 Å². The molecule has 0 amide bonds. The molecule has 1 saturated carbocycles. The highest BCUT2D eigenvalue weighted by atomic mass is 19.3. The van der Waals surface area contributed by atoms with Crippen molar-refractivity contribution < 1.29 is 27.8 Å².